The van der Waals surface area contributed by atoms with Crippen molar-refractivity contribution in [3.63, 3.8) is 0 Å². The fraction of sp³-hybridized carbons (Fsp3) is 0.182. The third-order valence-corrected chi connectivity index (χ3v) is 2.26. The Labute approximate surface area is 86.7 Å². The van der Waals surface area contributed by atoms with Crippen LogP contribution in [0.3, 0.4) is 0 Å². The van der Waals surface area contributed by atoms with Crippen LogP contribution < -0.4 is 5.73 Å². The second kappa shape index (κ2) is 3.73. The highest BCUT2D eigenvalue weighted by Gasteiger charge is 2.09. The summed E-state index contributed by atoms with van der Waals surface area (Å²) in [6.07, 6.45) is 0.531. The molecule has 2 aromatic rings. The Hall–Kier alpha value is -1.84. The molecule has 2 rings (SSSR count). The van der Waals surface area contributed by atoms with Gasteiger partial charge in [0.05, 0.1) is 11.8 Å². The summed E-state index contributed by atoms with van der Waals surface area (Å²) in [6.45, 7) is 1.50. The number of hydrogen-bond acceptors (Lipinski definition) is 3. The highest BCUT2D eigenvalue weighted by atomic mass is 19.1. The number of nitrogen functional groups attached to an aromatic ring is 1. The van der Waals surface area contributed by atoms with Crippen molar-refractivity contribution in [3.05, 3.63) is 36.0 Å². The first-order valence-corrected chi connectivity index (χ1v) is 4.63. The minimum atomic E-state index is -0.994. The molecule has 0 spiro atoms. The number of anilines is 1. The van der Waals surface area contributed by atoms with Gasteiger partial charge in [0, 0.05) is 0 Å². The molecule has 0 fully saturated rings. The van der Waals surface area contributed by atoms with E-state index in [-0.39, 0.29) is 5.88 Å². The third-order valence-electron chi connectivity index (χ3n) is 2.26. The van der Waals surface area contributed by atoms with Crippen molar-refractivity contribution in [1.82, 2.24) is 5.16 Å². The third kappa shape index (κ3) is 1.83. The molecule has 0 saturated heterocycles. The van der Waals surface area contributed by atoms with Crippen LogP contribution in [0.4, 0.5) is 10.3 Å². The molecule has 0 amide bonds. The van der Waals surface area contributed by atoms with E-state index in [0.29, 0.717) is 11.1 Å². The maximum Gasteiger partial charge on any atom is 0.229 e. The van der Waals surface area contributed by atoms with Crippen LogP contribution in [0.1, 0.15) is 18.7 Å². The van der Waals surface area contributed by atoms with Gasteiger partial charge in [-0.3, -0.25) is 0 Å². The van der Waals surface area contributed by atoms with E-state index in [4.69, 9.17) is 10.3 Å². The molecule has 1 unspecified atom stereocenters. The molecule has 1 aromatic carbocycles. The van der Waals surface area contributed by atoms with Gasteiger partial charge in [-0.15, -0.1) is 0 Å². The molecule has 1 heterocycles. The molecule has 0 aliphatic heterocycles. The van der Waals surface area contributed by atoms with Gasteiger partial charge in [0.1, 0.15) is 6.17 Å². The largest absolute Gasteiger partial charge is 0.367 e. The van der Waals surface area contributed by atoms with Crippen LogP contribution in [0, 0.1) is 0 Å². The Morgan fingerprint density at radius 3 is 2.87 bits per heavy atom. The number of rotatable bonds is 2. The summed E-state index contributed by atoms with van der Waals surface area (Å²) in [7, 11) is 0. The average molecular weight is 206 g/mol. The lowest BCUT2D eigenvalue weighted by molar-refractivity contribution is 0.374. The zero-order chi connectivity index (χ0) is 10.8. The van der Waals surface area contributed by atoms with Crippen LogP contribution in [0.5, 0.6) is 0 Å². The van der Waals surface area contributed by atoms with Gasteiger partial charge in [-0.25, -0.2) is 4.39 Å². The van der Waals surface area contributed by atoms with Crippen molar-refractivity contribution >= 4 is 5.88 Å². The summed E-state index contributed by atoms with van der Waals surface area (Å²) in [5.74, 6) is 0.249. The van der Waals surface area contributed by atoms with Gasteiger partial charge in [0.25, 0.3) is 0 Å². The van der Waals surface area contributed by atoms with E-state index in [9.17, 15) is 4.39 Å². The fourth-order valence-corrected chi connectivity index (χ4v) is 1.42. The van der Waals surface area contributed by atoms with Gasteiger partial charge in [0.15, 0.2) is 0 Å². The zero-order valence-corrected chi connectivity index (χ0v) is 8.27. The Bertz CT molecular complexity index is 465. The van der Waals surface area contributed by atoms with E-state index in [1.54, 1.807) is 18.2 Å². The van der Waals surface area contributed by atoms with Crippen LogP contribution >= 0.6 is 0 Å². The summed E-state index contributed by atoms with van der Waals surface area (Å²) >= 11 is 0. The average Bonchev–Trinajstić information content (AvgIpc) is 2.64. The van der Waals surface area contributed by atoms with Crippen LogP contribution in [-0.4, -0.2) is 5.16 Å². The van der Waals surface area contributed by atoms with Crippen LogP contribution in [0.2, 0.25) is 0 Å². The second-order valence-corrected chi connectivity index (χ2v) is 3.35. The fourth-order valence-electron chi connectivity index (χ4n) is 1.42. The molecule has 0 aliphatic carbocycles. The van der Waals surface area contributed by atoms with Crippen molar-refractivity contribution in [3.8, 4) is 11.1 Å². The Morgan fingerprint density at radius 2 is 2.27 bits per heavy atom. The normalized spacial score (nSPS) is 12.7. The number of halogens is 1. The second-order valence-electron chi connectivity index (χ2n) is 3.35. The van der Waals surface area contributed by atoms with Gasteiger partial charge in [0.2, 0.25) is 5.88 Å². The van der Waals surface area contributed by atoms with Crippen molar-refractivity contribution < 1.29 is 8.91 Å². The highest BCUT2D eigenvalue weighted by Crippen LogP contribution is 2.28. The van der Waals surface area contributed by atoms with Crippen LogP contribution in [0.25, 0.3) is 11.1 Å². The number of hydrogen-bond donors (Lipinski definition) is 1. The molecular weight excluding hydrogens is 195 g/mol. The van der Waals surface area contributed by atoms with Gasteiger partial charge in [-0.1, -0.05) is 23.4 Å². The summed E-state index contributed by atoms with van der Waals surface area (Å²) in [6, 6.07) is 7.10. The van der Waals surface area contributed by atoms with Crippen molar-refractivity contribution in [1.29, 1.82) is 0 Å². The Balaban J connectivity index is 2.46. The van der Waals surface area contributed by atoms with Gasteiger partial charge >= 0.3 is 0 Å². The molecule has 2 N–H and O–H groups in total. The van der Waals surface area contributed by atoms with E-state index >= 15 is 0 Å². The molecular formula is C11H11FN2O. The number of alkyl halides is 1. The number of aromatic nitrogens is 1. The molecule has 0 aliphatic rings. The first-order valence-electron chi connectivity index (χ1n) is 4.63. The van der Waals surface area contributed by atoms with E-state index in [0.717, 1.165) is 5.56 Å². The first-order chi connectivity index (χ1) is 7.18. The monoisotopic (exact) mass is 206 g/mol. The molecule has 0 bridgehead atoms. The lowest BCUT2D eigenvalue weighted by Crippen LogP contribution is -1.88. The highest BCUT2D eigenvalue weighted by molar-refractivity contribution is 5.72. The van der Waals surface area contributed by atoms with E-state index in [2.05, 4.69) is 5.16 Å². The molecule has 0 saturated carbocycles. The molecule has 78 valence electrons. The molecule has 1 aromatic heterocycles. The van der Waals surface area contributed by atoms with E-state index in [1.165, 1.54) is 13.1 Å². The van der Waals surface area contributed by atoms with Crippen molar-refractivity contribution in [2.24, 2.45) is 0 Å². The quantitative estimate of drug-likeness (QED) is 0.821. The molecule has 3 nitrogen and oxygen atoms in total. The molecule has 0 radical (unpaired) electrons. The van der Waals surface area contributed by atoms with Gasteiger partial charge in [-0.05, 0) is 24.1 Å². The lowest BCUT2D eigenvalue weighted by Gasteiger charge is -2.04. The van der Waals surface area contributed by atoms with E-state index < -0.39 is 6.17 Å². The SMILES string of the molecule is CC(F)c1cccc(-c2cnoc2N)c1. The van der Waals surface area contributed by atoms with Crippen molar-refractivity contribution in [2.75, 3.05) is 5.73 Å². The Kier molecular flexibility index (Phi) is 2.41. The molecule has 4 heteroatoms. The topological polar surface area (TPSA) is 52.0 Å². The summed E-state index contributed by atoms with van der Waals surface area (Å²) in [4.78, 5) is 0. The summed E-state index contributed by atoms with van der Waals surface area (Å²) in [5.41, 5.74) is 7.70. The number of nitrogens with two attached hydrogens (primary N) is 1. The van der Waals surface area contributed by atoms with Crippen LogP contribution in [0.15, 0.2) is 35.0 Å². The van der Waals surface area contributed by atoms with Gasteiger partial charge in [-0.2, -0.15) is 0 Å². The Morgan fingerprint density at radius 1 is 1.47 bits per heavy atom. The predicted octanol–water partition coefficient (Wildman–Crippen LogP) is 2.95. The zero-order valence-electron chi connectivity index (χ0n) is 8.27. The molecule has 15 heavy (non-hydrogen) atoms. The standard InChI is InChI=1S/C11H11FN2O/c1-7(12)8-3-2-4-9(5-8)10-6-14-15-11(10)13/h2-7H,13H2,1H3. The smallest absolute Gasteiger partial charge is 0.229 e. The first kappa shape index (κ1) is 9.71. The summed E-state index contributed by atoms with van der Waals surface area (Å²) in [5, 5.41) is 3.58. The number of nitrogens with zero attached hydrogens (tertiary/aromatic N) is 1. The van der Waals surface area contributed by atoms with Crippen molar-refractivity contribution in [2.45, 2.75) is 13.1 Å². The summed E-state index contributed by atoms with van der Waals surface area (Å²) < 4.78 is 17.8. The minimum Gasteiger partial charge on any atom is -0.367 e. The van der Waals surface area contributed by atoms with Crippen LogP contribution in [-0.2, 0) is 0 Å². The molecule has 1 atom stereocenters. The van der Waals surface area contributed by atoms with E-state index in [1.807, 2.05) is 6.07 Å². The number of benzene rings is 1. The lowest BCUT2D eigenvalue weighted by atomic mass is 10.0. The maximum absolute atomic E-state index is 13.1. The van der Waals surface area contributed by atoms with Gasteiger partial charge < -0.3 is 10.3 Å². The minimum absolute atomic E-state index is 0.249. The predicted molar refractivity (Wildman–Crippen MR) is 55.9 cm³/mol. The maximum atomic E-state index is 13.1.